The van der Waals surface area contributed by atoms with Gasteiger partial charge in [0, 0.05) is 20.7 Å². The fourth-order valence-electron chi connectivity index (χ4n) is 2.16. The van der Waals surface area contributed by atoms with Crippen molar-refractivity contribution < 1.29 is 9.59 Å². The predicted octanol–water partition coefficient (Wildman–Crippen LogP) is 3.85. The molecule has 0 bridgehead atoms. The van der Waals surface area contributed by atoms with E-state index in [1.54, 1.807) is 36.4 Å². The molecule has 0 saturated carbocycles. The molecule has 0 aromatic heterocycles. The van der Waals surface area contributed by atoms with E-state index in [1.165, 1.54) is 0 Å². The zero-order valence-corrected chi connectivity index (χ0v) is 13.1. The summed E-state index contributed by atoms with van der Waals surface area (Å²) in [5.41, 5.74) is 2.75. The van der Waals surface area contributed by atoms with E-state index in [1.807, 2.05) is 0 Å². The molecule has 1 heterocycles. The fraction of sp³-hybridized carbons (Fsp3) is 0.0667. The van der Waals surface area contributed by atoms with Gasteiger partial charge in [-0.1, -0.05) is 11.6 Å². The number of hydrogen-bond acceptors (Lipinski definition) is 2. The van der Waals surface area contributed by atoms with Gasteiger partial charge in [-0.05, 0) is 57.9 Å². The predicted molar refractivity (Wildman–Crippen MR) is 85.9 cm³/mol. The van der Waals surface area contributed by atoms with Crippen molar-refractivity contribution in [3.63, 3.8) is 0 Å². The molecule has 0 unspecified atom stereocenters. The number of anilines is 2. The van der Waals surface area contributed by atoms with Crippen LogP contribution in [0.1, 0.15) is 15.9 Å². The van der Waals surface area contributed by atoms with Crippen LogP contribution >= 0.6 is 27.5 Å². The summed E-state index contributed by atoms with van der Waals surface area (Å²) < 4.78 is 0.710. The molecule has 0 atom stereocenters. The Kier molecular flexibility index (Phi) is 3.69. The van der Waals surface area contributed by atoms with Gasteiger partial charge >= 0.3 is 0 Å². The molecular weight excluding hydrogens is 356 g/mol. The molecule has 21 heavy (non-hydrogen) atoms. The Hall–Kier alpha value is -1.85. The Bertz CT molecular complexity index is 761. The van der Waals surface area contributed by atoms with E-state index in [0.29, 0.717) is 27.2 Å². The Morgan fingerprint density at radius 3 is 2.81 bits per heavy atom. The van der Waals surface area contributed by atoms with E-state index in [4.69, 9.17) is 11.6 Å². The van der Waals surface area contributed by atoms with Crippen LogP contribution in [0.5, 0.6) is 0 Å². The summed E-state index contributed by atoms with van der Waals surface area (Å²) >= 11 is 9.22. The van der Waals surface area contributed by atoms with Gasteiger partial charge in [-0.15, -0.1) is 0 Å². The van der Waals surface area contributed by atoms with Crippen molar-refractivity contribution in [3.05, 3.63) is 57.0 Å². The normalized spacial score (nSPS) is 12.8. The Balaban J connectivity index is 1.83. The van der Waals surface area contributed by atoms with E-state index in [2.05, 4.69) is 26.6 Å². The van der Waals surface area contributed by atoms with Crippen LogP contribution in [0.4, 0.5) is 11.4 Å². The summed E-state index contributed by atoms with van der Waals surface area (Å²) in [5, 5.41) is 6.13. The largest absolute Gasteiger partial charge is 0.326 e. The first-order valence-electron chi connectivity index (χ1n) is 6.22. The third kappa shape index (κ3) is 2.94. The molecule has 6 heteroatoms. The minimum atomic E-state index is -0.236. The van der Waals surface area contributed by atoms with Gasteiger partial charge in [-0.2, -0.15) is 0 Å². The highest BCUT2D eigenvalue weighted by Gasteiger charge is 2.19. The molecule has 3 rings (SSSR count). The zero-order valence-electron chi connectivity index (χ0n) is 10.7. The first kappa shape index (κ1) is 14.1. The minimum Gasteiger partial charge on any atom is -0.326 e. The van der Waals surface area contributed by atoms with Crippen LogP contribution < -0.4 is 10.6 Å². The highest BCUT2D eigenvalue weighted by molar-refractivity contribution is 9.10. The monoisotopic (exact) mass is 364 g/mol. The molecule has 0 fully saturated rings. The lowest BCUT2D eigenvalue weighted by atomic mass is 10.1. The second-order valence-electron chi connectivity index (χ2n) is 4.68. The molecule has 1 aliphatic heterocycles. The number of rotatable bonds is 2. The van der Waals surface area contributed by atoms with Crippen molar-refractivity contribution in [1.82, 2.24) is 0 Å². The lowest BCUT2D eigenvalue weighted by Crippen LogP contribution is -2.12. The maximum absolute atomic E-state index is 12.3. The van der Waals surface area contributed by atoms with Crippen molar-refractivity contribution in [2.75, 3.05) is 10.6 Å². The molecule has 106 valence electrons. The molecule has 0 radical (unpaired) electrons. The highest BCUT2D eigenvalue weighted by Crippen LogP contribution is 2.27. The van der Waals surface area contributed by atoms with Crippen molar-refractivity contribution in [2.45, 2.75) is 6.42 Å². The summed E-state index contributed by atoms with van der Waals surface area (Å²) in [6.07, 6.45) is 0.307. The third-order valence-corrected chi connectivity index (χ3v) is 4.06. The SMILES string of the molecule is O=C1Cc2cc(C(=O)Nc3ccc(Cl)cc3Br)ccc2N1. The quantitative estimate of drug-likeness (QED) is 0.849. The highest BCUT2D eigenvalue weighted by atomic mass is 79.9. The van der Waals surface area contributed by atoms with E-state index in [9.17, 15) is 9.59 Å². The molecule has 0 spiro atoms. The lowest BCUT2D eigenvalue weighted by molar-refractivity contribution is -0.115. The number of halogens is 2. The Labute approximate surface area is 134 Å². The number of carbonyl (C=O) groups excluding carboxylic acids is 2. The topological polar surface area (TPSA) is 58.2 Å². The molecular formula is C15H10BrClN2O2. The van der Waals surface area contributed by atoms with Crippen LogP contribution in [-0.2, 0) is 11.2 Å². The molecule has 2 amide bonds. The second-order valence-corrected chi connectivity index (χ2v) is 5.97. The molecule has 2 aromatic rings. The average Bonchev–Trinajstić information content (AvgIpc) is 2.80. The zero-order chi connectivity index (χ0) is 15.0. The summed E-state index contributed by atoms with van der Waals surface area (Å²) in [7, 11) is 0. The van der Waals surface area contributed by atoms with Crippen LogP contribution in [0.15, 0.2) is 40.9 Å². The second kappa shape index (κ2) is 5.50. The number of benzene rings is 2. The summed E-state index contributed by atoms with van der Waals surface area (Å²) in [6.45, 7) is 0. The first-order valence-corrected chi connectivity index (χ1v) is 7.39. The van der Waals surface area contributed by atoms with Crippen LogP contribution in [0.2, 0.25) is 5.02 Å². The van der Waals surface area contributed by atoms with Gasteiger partial charge in [0.2, 0.25) is 5.91 Å². The standard InChI is InChI=1S/C15H10BrClN2O2/c16-11-7-10(17)2-4-13(11)19-15(21)8-1-3-12-9(5-8)6-14(20)18-12/h1-5,7H,6H2,(H,18,20)(H,19,21). The van der Waals surface area contributed by atoms with Crippen LogP contribution in [0.25, 0.3) is 0 Å². The van der Waals surface area contributed by atoms with Gasteiger partial charge in [0.05, 0.1) is 12.1 Å². The van der Waals surface area contributed by atoms with Gasteiger partial charge in [0.1, 0.15) is 0 Å². The molecule has 2 N–H and O–H groups in total. The van der Waals surface area contributed by atoms with Crippen molar-refractivity contribution >= 4 is 50.7 Å². The number of fused-ring (bicyclic) bond motifs is 1. The fourth-order valence-corrected chi connectivity index (χ4v) is 2.94. The first-order chi connectivity index (χ1) is 10.0. The number of amides is 2. The van der Waals surface area contributed by atoms with E-state index < -0.39 is 0 Å². The minimum absolute atomic E-state index is 0.0528. The van der Waals surface area contributed by atoms with Gasteiger partial charge in [0.15, 0.2) is 0 Å². The number of hydrogen-bond donors (Lipinski definition) is 2. The van der Waals surface area contributed by atoms with Crippen LogP contribution in [0, 0.1) is 0 Å². The maximum Gasteiger partial charge on any atom is 0.255 e. The molecule has 1 aliphatic rings. The van der Waals surface area contributed by atoms with Crippen molar-refractivity contribution in [1.29, 1.82) is 0 Å². The van der Waals surface area contributed by atoms with Gasteiger partial charge < -0.3 is 10.6 Å². The molecule has 0 saturated heterocycles. The summed E-state index contributed by atoms with van der Waals surface area (Å²) in [5.74, 6) is -0.289. The molecule has 0 aliphatic carbocycles. The maximum atomic E-state index is 12.3. The van der Waals surface area contributed by atoms with E-state index in [-0.39, 0.29) is 11.8 Å². The van der Waals surface area contributed by atoms with Crippen molar-refractivity contribution in [3.8, 4) is 0 Å². The van der Waals surface area contributed by atoms with Gasteiger partial charge in [0.25, 0.3) is 5.91 Å². The number of nitrogens with one attached hydrogen (secondary N) is 2. The van der Waals surface area contributed by atoms with Gasteiger partial charge in [-0.25, -0.2) is 0 Å². The van der Waals surface area contributed by atoms with Crippen LogP contribution in [0.3, 0.4) is 0 Å². The molecule has 2 aromatic carbocycles. The van der Waals surface area contributed by atoms with E-state index >= 15 is 0 Å². The van der Waals surface area contributed by atoms with Gasteiger partial charge in [-0.3, -0.25) is 9.59 Å². The van der Waals surface area contributed by atoms with E-state index in [0.717, 1.165) is 11.3 Å². The van der Waals surface area contributed by atoms with Crippen LogP contribution in [-0.4, -0.2) is 11.8 Å². The Morgan fingerprint density at radius 2 is 2.05 bits per heavy atom. The summed E-state index contributed by atoms with van der Waals surface area (Å²) in [4.78, 5) is 23.6. The summed E-state index contributed by atoms with van der Waals surface area (Å²) in [6, 6.07) is 10.3. The smallest absolute Gasteiger partial charge is 0.255 e. The van der Waals surface area contributed by atoms with Crippen molar-refractivity contribution in [2.24, 2.45) is 0 Å². The Morgan fingerprint density at radius 1 is 1.24 bits per heavy atom. The average molecular weight is 366 g/mol. The number of carbonyl (C=O) groups is 2. The molecule has 4 nitrogen and oxygen atoms in total. The lowest BCUT2D eigenvalue weighted by Gasteiger charge is -2.08. The third-order valence-electron chi connectivity index (χ3n) is 3.17.